The fourth-order valence-corrected chi connectivity index (χ4v) is 9.77. The first-order valence-corrected chi connectivity index (χ1v) is 19.7. The molecule has 3 heterocycles. The number of fused-ring (bicyclic) bond motifs is 10. The zero-order valence-corrected chi connectivity index (χ0v) is 30.9. The summed E-state index contributed by atoms with van der Waals surface area (Å²) in [5.41, 5.74) is 11.5. The Morgan fingerprint density at radius 3 is 1.82 bits per heavy atom. The van der Waals surface area contributed by atoms with Crippen LogP contribution in [0.3, 0.4) is 0 Å². The molecule has 0 N–H and O–H groups in total. The van der Waals surface area contributed by atoms with E-state index in [-0.39, 0.29) is 0 Å². The SMILES string of the molecule is c1ccc(N(c2ccc(-c3ccc4oc5ccccc5c4c3)cc2)c2cccc3c2sc2ccccc23)c(-c2ccc3oc4cc5ccccc5cc4c3c2)c1. The van der Waals surface area contributed by atoms with Crippen LogP contribution in [-0.4, -0.2) is 0 Å². The third-order valence-corrected chi connectivity index (χ3v) is 12.5. The van der Waals surface area contributed by atoms with E-state index >= 15 is 0 Å². The van der Waals surface area contributed by atoms with Gasteiger partial charge in [-0.1, -0.05) is 115 Å². The molecular weight excluding hydrogens is 703 g/mol. The number of benzene rings is 9. The second-order valence-corrected chi connectivity index (χ2v) is 15.5. The molecule has 12 rings (SSSR count). The van der Waals surface area contributed by atoms with Crippen molar-refractivity contribution in [3.05, 3.63) is 188 Å². The highest BCUT2D eigenvalue weighted by molar-refractivity contribution is 7.26. The van der Waals surface area contributed by atoms with Crippen LogP contribution in [0.2, 0.25) is 0 Å². The Bertz CT molecular complexity index is 3500. The Morgan fingerprint density at radius 2 is 0.946 bits per heavy atom. The number of hydrogen-bond acceptors (Lipinski definition) is 4. The van der Waals surface area contributed by atoms with Gasteiger partial charge in [0.15, 0.2) is 0 Å². The smallest absolute Gasteiger partial charge is 0.136 e. The molecule has 0 saturated heterocycles. The van der Waals surface area contributed by atoms with Crippen LogP contribution >= 0.6 is 11.3 Å². The molecule has 0 aliphatic carbocycles. The van der Waals surface area contributed by atoms with Gasteiger partial charge in [0.2, 0.25) is 0 Å². The van der Waals surface area contributed by atoms with Gasteiger partial charge >= 0.3 is 0 Å². The van der Waals surface area contributed by atoms with E-state index in [4.69, 9.17) is 8.83 Å². The summed E-state index contributed by atoms with van der Waals surface area (Å²) in [6, 6.07) is 67.5. The van der Waals surface area contributed by atoms with E-state index in [1.54, 1.807) is 0 Å². The highest BCUT2D eigenvalue weighted by Crippen LogP contribution is 2.48. The summed E-state index contributed by atoms with van der Waals surface area (Å²) in [6.07, 6.45) is 0. The Balaban J connectivity index is 1.04. The summed E-state index contributed by atoms with van der Waals surface area (Å²) >= 11 is 1.85. The highest BCUT2D eigenvalue weighted by Gasteiger charge is 2.22. The van der Waals surface area contributed by atoms with Crippen LogP contribution in [0.25, 0.3) is 97.1 Å². The molecule has 0 bridgehead atoms. The first-order chi connectivity index (χ1) is 27.7. The first kappa shape index (κ1) is 31.2. The highest BCUT2D eigenvalue weighted by atomic mass is 32.1. The molecule has 3 nitrogen and oxygen atoms in total. The molecule has 0 amide bonds. The maximum Gasteiger partial charge on any atom is 0.136 e. The van der Waals surface area contributed by atoms with Gasteiger partial charge in [-0.05, 0) is 100 Å². The van der Waals surface area contributed by atoms with Crippen molar-refractivity contribution in [1.29, 1.82) is 0 Å². The summed E-state index contributed by atoms with van der Waals surface area (Å²) in [5.74, 6) is 0. The van der Waals surface area contributed by atoms with Gasteiger partial charge in [-0.3, -0.25) is 0 Å². The lowest BCUT2D eigenvalue weighted by Crippen LogP contribution is -2.11. The average Bonchev–Trinajstić information content (AvgIpc) is 3.94. The maximum atomic E-state index is 6.42. The van der Waals surface area contributed by atoms with E-state index < -0.39 is 0 Å². The van der Waals surface area contributed by atoms with Crippen LogP contribution in [0.1, 0.15) is 0 Å². The van der Waals surface area contributed by atoms with Crippen molar-refractivity contribution in [2.75, 3.05) is 4.90 Å². The van der Waals surface area contributed by atoms with Crippen molar-refractivity contribution in [3.8, 4) is 22.3 Å². The summed E-state index contributed by atoms with van der Waals surface area (Å²) < 4.78 is 15.1. The van der Waals surface area contributed by atoms with E-state index in [0.29, 0.717) is 0 Å². The van der Waals surface area contributed by atoms with Crippen molar-refractivity contribution >= 4 is 103 Å². The van der Waals surface area contributed by atoms with Gasteiger partial charge in [-0.2, -0.15) is 0 Å². The lowest BCUT2D eigenvalue weighted by molar-refractivity contribution is 0.669. The molecule has 0 aliphatic rings. The molecule has 262 valence electrons. The molecule has 0 fully saturated rings. The number of thiophene rings is 1. The summed E-state index contributed by atoms with van der Waals surface area (Å²) in [7, 11) is 0. The number of anilines is 3. The Hall–Kier alpha value is -7.14. The maximum absolute atomic E-state index is 6.42. The molecule has 9 aromatic carbocycles. The lowest BCUT2D eigenvalue weighted by Gasteiger charge is -2.28. The number of para-hydroxylation sites is 2. The van der Waals surface area contributed by atoms with Crippen molar-refractivity contribution in [2.45, 2.75) is 0 Å². The average molecular weight is 734 g/mol. The first-order valence-electron chi connectivity index (χ1n) is 18.9. The minimum absolute atomic E-state index is 0.889. The van der Waals surface area contributed by atoms with Gasteiger partial charge in [0.05, 0.1) is 16.1 Å². The van der Waals surface area contributed by atoms with E-state index in [0.717, 1.165) is 83.2 Å². The van der Waals surface area contributed by atoms with Crippen LogP contribution in [0, 0.1) is 0 Å². The Kier molecular flexibility index (Phi) is 6.80. The molecule has 3 aromatic heterocycles. The third-order valence-electron chi connectivity index (χ3n) is 11.3. The van der Waals surface area contributed by atoms with E-state index in [1.165, 1.54) is 30.9 Å². The third kappa shape index (κ3) is 4.83. The van der Waals surface area contributed by atoms with E-state index in [9.17, 15) is 0 Å². The van der Waals surface area contributed by atoms with Gasteiger partial charge < -0.3 is 13.7 Å². The molecular formula is C52H31NO2S. The second-order valence-electron chi connectivity index (χ2n) is 14.5. The lowest BCUT2D eigenvalue weighted by atomic mass is 9.98. The standard InChI is InChI=1S/C52H31NO2S/c1-2-11-34-31-50-44(28-33(34)10-1)43-30-36(23-27-49(43)55-50)38-12-3-6-16-45(38)53(46-17-9-15-41-40-14-5-8-19-51(40)56-52(41)46)37-24-20-32(21-25-37)35-22-26-48-42(29-35)39-13-4-7-18-47(39)54-48/h1-31H. The number of hydrogen-bond donors (Lipinski definition) is 0. The number of furan rings is 2. The van der Waals surface area contributed by atoms with Gasteiger partial charge in [-0.25, -0.2) is 0 Å². The minimum atomic E-state index is 0.889. The van der Waals surface area contributed by atoms with Crippen molar-refractivity contribution < 1.29 is 8.83 Å². The van der Waals surface area contributed by atoms with Gasteiger partial charge in [-0.15, -0.1) is 11.3 Å². The molecule has 0 unspecified atom stereocenters. The Morgan fingerprint density at radius 1 is 0.357 bits per heavy atom. The van der Waals surface area contributed by atoms with E-state index in [1.807, 2.05) is 23.5 Å². The zero-order valence-electron chi connectivity index (χ0n) is 30.1. The molecule has 0 spiro atoms. The second kappa shape index (κ2) is 12.2. The van der Waals surface area contributed by atoms with Crippen molar-refractivity contribution in [2.24, 2.45) is 0 Å². The zero-order chi connectivity index (χ0) is 36.7. The molecule has 56 heavy (non-hydrogen) atoms. The molecule has 12 aromatic rings. The largest absolute Gasteiger partial charge is 0.456 e. The molecule has 0 saturated carbocycles. The predicted molar refractivity (Wildman–Crippen MR) is 237 cm³/mol. The summed E-state index contributed by atoms with van der Waals surface area (Å²) in [6.45, 7) is 0. The predicted octanol–water partition coefficient (Wildman–Crippen LogP) is 15.8. The molecule has 0 aliphatic heterocycles. The Labute approximate surface area is 325 Å². The van der Waals surface area contributed by atoms with Crippen LogP contribution in [0.4, 0.5) is 17.1 Å². The van der Waals surface area contributed by atoms with Gasteiger partial charge in [0, 0.05) is 48.3 Å². The van der Waals surface area contributed by atoms with Gasteiger partial charge in [0.25, 0.3) is 0 Å². The topological polar surface area (TPSA) is 29.5 Å². The van der Waals surface area contributed by atoms with Gasteiger partial charge in [0.1, 0.15) is 22.3 Å². The fraction of sp³-hybridized carbons (Fsp3) is 0. The van der Waals surface area contributed by atoms with Crippen LogP contribution in [0.15, 0.2) is 197 Å². The van der Waals surface area contributed by atoms with Crippen LogP contribution < -0.4 is 4.90 Å². The minimum Gasteiger partial charge on any atom is -0.456 e. The fourth-order valence-electron chi connectivity index (χ4n) is 8.57. The van der Waals surface area contributed by atoms with E-state index in [2.05, 4.69) is 181 Å². The molecule has 0 radical (unpaired) electrons. The molecule has 4 heteroatoms. The quantitative estimate of drug-likeness (QED) is 0.176. The monoisotopic (exact) mass is 733 g/mol. The number of rotatable bonds is 5. The normalized spacial score (nSPS) is 11.9. The number of nitrogens with zero attached hydrogens (tertiary/aromatic N) is 1. The summed E-state index contributed by atoms with van der Waals surface area (Å²) in [5, 5.41) is 9.44. The summed E-state index contributed by atoms with van der Waals surface area (Å²) in [4.78, 5) is 2.44. The van der Waals surface area contributed by atoms with Crippen molar-refractivity contribution in [3.63, 3.8) is 0 Å². The van der Waals surface area contributed by atoms with Crippen molar-refractivity contribution in [1.82, 2.24) is 0 Å². The molecule has 0 atom stereocenters. The van der Waals surface area contributed by atoms with Crippen LogP contribution in [-0.2, 0) is 0 Å². The van der Waals surface area contributed by atoms with Crippen LogP contribution in [0.5, 0.6) is 0 Å².